The highest BCUT2D eigenvalue weighted by atomic mass is 32.1. The Morgan fingerprint density at radius 3 is 2.83 bits per heavy atom. The summed E-state index contributed by atoms with van der Waals surface area (Å²) in [6.45, 7) is 1.58. The van der Waals surface area contributed by atoms with Crippen molar-refractivity contribution in [1.29, 1.82) is 0 Å². The predicted octanol–water partition coefficient (Wildman–Crippen LogP) is 2.82. The van der Waals surface area contributed by atoms with Crippen molar-refractivity contribution >= 4 is 23.5 Å². The summed E-state index contributed by atoms with van der Waals surface area (Å²) in [5.74, 6) is 1.65. The number of benzene rings is 2. The maximum Gasteiger partial charge on any atom is 0.231 e. The first-order chi connectivity index (χ1) is 14.1. The van der Waals surface area contributed by atoms with Crippen molar-refractivity contribution in [1.82, 2.24) is 10.2 Å². The third-order valence-electron chi connectivity index (χ3n) is 4.73. The quantitative estimate of drug-likeness (QED) is 0.297. The molecule has 0 saturated heterocycles. The molecule has 0 bridgehead atoms. The minimum atomic E-state index is 0.139. The zero-order valence-electron chi connectivity index (χ0n) is 16.6. The van der Waals surface area contributed by atoms with Gasteiger partial charge in [0, 0.05) is 25.7 Å². The van der Waals surface area contributed by atoms with E-state index in [0.717, 1.165) is 18.5 Å². The molecule has 1 heterocycles. The maximum atomic E-state index is 9.07. The molecule has 1 aliphatic heterocycles. The van der Waals surface area contributed by atoms with Gasteiger partial charge in [0.2, 0.25) is 12.5 Å². The summed E-state index contributed by atoms with van der Waals surface area (Å²) >= 11 is 5.50. The zero-order chi connectivity index (χ0) is 20.6. The van der Waals surface area contributed by atoms with Gasteiger partial charge in [-0.15, -0.1) is 0 Å². The summed E-state index contributed by atoms with van der Waals surface area (Å²) in [6, 6.07) is 12.2. The summed E-state index contributed by atoms with van der Waals surface area (Å²) in [4.78, 5) is 1.98. The number of likely N-dealkylation sites (N-methyl/N-ethyl adjacent to an activating group) is 1. The van der Waals surface area contributed by atoms with E-state index in [0.29, 0.717) is 40.9 Å². The number of oxime groups is 1. The number of fused-ring (bicyclic) bond motifs is 1. The van der Waals surface area contributed by atoms with E-state index in [1.807, 2.05) is 36.2 Å². The molecule has 0 aliphatic carbocycles. The third-order valence-corrected chi connectivity index (χ3v) is 5.19. The van der Waals surface area contributed by atoms with E-state index in [-0.39, 0.29) is 6.79 Å². The van der Waals surface area contributed by atoms with Gasteiger partial charge in [0.25, 0.3) is 0 Å². The molecule has 0 saturated carbocycles. The topological polar surface area (TPSA) is 75.6 Å². The maximum absolute atomic E-state index is 9.07. The second-order valence-electron chi connectivity index (χ2n) is 6.60. The molecule has 154 valence electrons. The lowest BCUT2D eigenvalue weighted by atomic mass is 10.0. The van der Waals surface area contributed by atoms with Gasteiger partial charge in [-0.2, -0.15) is 0 Å². The summed E-state index contributed by atoms with van der Waals surface area (Å²) < 4.78 is 16.5. The highest BCUT2D eigenvalue weighted by Crippen LogP contribution is 2.44. The Labute approximate surface area is 175 Å². The van der Waals surface area contributed by atoms with Crippen LogP contribution in [-0.2, 0) is 12.8 Å². The molecule has 0 fully saturated rings. The molecule has 1 aliphatic rings. The van der Waals surface area contributed by atoms with Gasteiger partial charge in [-0.1, -0.05) is 35.5 Å². The lowest BCUT2D eigenvalue weighted by Gasteiger charge is -2.22. The first-order valence-electron chi connectivity index (χ1n) is 9.33. The van der Waals surface area contributed by atoms with Crippen molar-refractivity contribution in [3.63, 3.8) is 0 Å². The standard InChI is InChI=1S/C21H25N3O4S/c1-24(21(29)22-10-8-15-6-4-3-5-7-15)11-9-16-12-18-20(28-14-27-18)19(26-2)17(16)13-23-25/h3-7,12-13,25H,8-11,14H2,1-2H3,(H,22,29)/b23-13+. The second-order valence-corrected chi connectivity index (χ2v) is 6.99. The van der Waals surface area contributed by atoms with Crippen molar-refractivity contribution in [3.05, 3.63) is 53.1 Å². The van der Waals surface area contributed by atoms with Crippen LogP contribution in [0.3, 0.4) is 0 Å². The summed E-state index contributed by atoms with van der Waals surface area (Å²) in [5.41, 5.74) is 2.85. The highest BCUT2D eigenvalue weighted by Gasteiger charge is 2.24. The van der Waals surface area contributed by atoms with Crippen molar-refractivity contribution < 1.29 is 19.4 Å². The average molecular weight is 416 g/mol. The minimum absolute atomic E-state index is 0.139. The van der Waals surface area contributed by atoms with Crippen LogP contribution in [0.1, 0.15) is 16.7 Å². The fourth-order valence-corrected chi connectivity index (χ4v) is 3.36. The molecule has 2 aromatic carbocycles. The molecule has 0 spiro atoms. The van der Waals surface area contributed by atoms with Crippen molar-refractivity contribution in [3.8, 4) is 17.2 Å². The SMILES string of the molecule is COc1c(/C=N/O)c(CCN(C)C(=S)NCCc2ccccc2)cc2c1OCO2. The first-order valence-corrected chi connectivity index (χ1v) is 9.74. The van der Waals surface area contributed by atoms with Crippen LogP contribution >= 0.6 is 12.2 Å². The second kappa shape index (κ2) is 9.97. The summed E-state index contributed by atoms with van der Waals surface area (Å²) in [5, 5.41) is 16.2. The molecule has 0 aromatic heterocycles. The number of thiocarbonyl (C=S) groups is 1. The highest BCUT2D eigenvalue weighted by molar-refractivity contribution is 7.80. The van der Waals surface area contributed by atoms with Crippen molar-refractivity contribution in [2.75, 3.05) is 34.0 Å². The molecule has 0 amide bonds. The molecular weight excluding hydrogens is 390 g/mol. The smallest absolute Gasteiger partial charge is 0.231 e. The molecule has 0 radical (unpaired) electrons. The van der Waals surface area contributed by atoms with Crippen molar-refractivity contribution in [2.24, 2.45) is 5.16 Å². The number of nitrogens with zero attached hydrogens (tertiary/aromatic N) is 2. The molecule has 0 unspecified atom stereocenters. The minimum Gasteiger partial charge on any atom is -0.492 e. The summed E-state index contributed by atoms with van der Waals surface area (Å²) in [6.07, 6.45) is 2.92. The van der Waals surface area contributed by atoms with E-state index >= 15 is 0 Å². The van der Waals surface area contributed by atoms with Gasteiger partial charge in [-0.3, -0.25) is 0 Å². The Balaban J connectivity index is 1.60. The average Bonchev–Trinajstić information content (AvgIpc) is 3.21. The zero-order valence-corrected chi connectivity index (χ0v) is 17.4. The van der Waals surface area contributed by atoms with Gasteiger partial charge in [-0.25, -0.2) is 0 Å². The van der Waals surface area contributed by atoms with Crippen LogP contribution in [0.2, 0.25) is 0 Å². The largest absolute Gasteiger partial charge is 0.492 e. The number of hydrogen-bond donors (Lipinski definition) is 2. The Kier molecular flexibility index (Phi) is 7.13. The van der Waals surface area contributed by atoms with Gasteiger partial charge in [0.1, 0.15) is 0 Å². The third kappa shape index (κ3) is 5.08. The van der Waals surface area contributed by atoms with E-state index in [1.165, 1.54) is 11.8 Å². The van der Waals surface area contributed by atoms with Gasteiger partial charge < -0.3 is 29.6 Å². The summed E-state index contributed by atoms with van der Waals surface area (Å²) in [7, 11) is 3.50. The van der Waals surface area contributed by atoms with Gasteiger partial charge in [-0.05, 0) is 42.3 Å². The number of nitrogens with one attached hydrogen (secondary N) is 1. The molecule has 2 N–H and O–H groups in total. The molecule has 2 aromatic rings. The fraction of sp³-hybridized carbons (Fsp3) is 0.333. The fourth-order valence-electron chi connectivity index (χ4n) is 3.17. The Morgan fingerprint density at radius 1 is 1.31 bits per heavy atom. The van der Waals surface area contributed by atoms with Gasteiger partial charge >= 0.3 is 0 Å². The van der Waals surface area contributed by atoms with Crippen LogP contribution in [0.15, 0.2) is 41.6 Å². The van der Waals surface area contributed by atoms with E-state index < -0.39 is 0 Å². The first kappa shape index (κ1) is 20.7. The normalized spacial score (nSPS) is 12.2. The van der Waals surface area contributed by atoms with Crippen LogP contribution < -0.4 is 19.5 Å². The van der Waals surface area contributed by atoms with Crippen molar-refractivity contribution in [2.45, 2.75) is 12.8 Å². The molecule has 0 atom stereocenters. The van der Waals surface area contributed by atoms with Crippen LogP contribution in [-0.4, -0.2) is 55.5 Å². The molecule has 7 nitrogen and oxygen atoms in total. The van der Waals surface area contributed by atoms with E-state index in [9.17, 15) is 0 Å². The van der Waals surface area contributed by atoms with Gasteiger partial charge in [0.15, 0.2) is 16.6 Å². The lowest BCUT2D eigenvalue weighted by molar-refractivity contribution is 0.171. The van der Waals surface area contributed by atoms with Gasteiger partial charge in [0.05, 0.1) is 13.3 Å². The van der Waals surface area contributed by atoms with Crippen LogP contribution in [0, 0.1) is 0 Å². The monoisotopic (exact) mass is 415 g/mol. The molecule has 3 rings (SSSR count). The van der Waals surface area contributed by atoms with Crippen LogP contribution in [0.25, 0.3) is 0 Å². The molecule has 8 heteroatoms. The number of ether oxygens (including phenoxy) is 3. The Morgan fingerprint density at radius 2 is 2.10 bits per heavy atom. The molecule has 29 heavy (non-hydrogen) atoms. The number of hydrogen-bond acceptors (Lipinski definition) is 6. The van der Waals surface area contributed by atoms with E-state index in [4.69, 9.17) is 31.6 Å². The number of rotatable bonds is 8. The Hall–Kier alpha value is -3.00. The number of methoxy groups -OCH3 is 1. The lowest BCUT2D eigenvalue weighted by Crippen LogP contribution is -2.39. The van der Waals surface area contributed by atoms with E-state index in [1.54, 1.807) is 7.11 Å². The Bertz CT molecular complexity index is 874. The van der Waals surface area contributed by atoms with Crippen LogP contribution in [0.4, 0.5) is 0 Å². The predicted molar refractivity (Wildman–Crippen MR) is 116 cm³/mol. The van der Waals surface area contributed by atoms with E-state index in [2.05, 4.69) is 22.6 Å². The van der Waals surface area contributed by atoms with Crippen LogP contribution in [0.5, 0.6) is 17.2 Å². The molecular formula is C21H25N3O4S.